The number of ether oxygens (including phenoxy) is 1. The fraction of sp³-hybridized carbons (Fsp3) is 0.136. The minimum Gasteiger partial charge on any atom is -0.497 e. The van der Waals surface area contributed by atoms with Crippen LogP contribution in [0.5, 0.6) is 5.75 Å². The molecule has 0 radical (unpaired) electrons. The van der Waals surface area contributed by atoms with E-state index < -0.39 is 0 Å². The van der Waals surface area contributed by atoms with Gasteiger partial charge in [0.15, 0.2) is 0 Å². The smallest absolute Gasteiger partial charge is 0.119 e. The fourth-order valence-corrected chi connectivity index (χ4v) is 3.24. The van der Waals surface area contributed by atoms with E-state index in [1.165, 1.54) is 11.1 Å². The molecular formula is C22H20N2O. The van der Waals surface area contributed by atoms with Crippen LogP contribution in [-0.2, 0) is 0 Å². The number of hydrogen-bond donors (Lipinski definition) is 0. The average Bonchev–Trinajstić information content (AvgIpc) is 3.15. The van der Waals surface area contributed by atoms with Crippen molar-refractivity contribution >= 4 is 11.4 Å². The molecule has 0 unspecified atom stereocenters. The number of methoxy groups -OCH3 is 1. The molecular weight excluding hydrogens is 308 g/mol. The average molecular weight is 328 g/mol. The van der Waals surface area contributed by atoms with Gasteiger partial charge in [0.2, 0.25) is 0 Å². The molecule has 0 spiro atoms. The van der Waals surface area contributed by atoms with Gasteiger partial charge >= 0.3 is 0 Å². The van der Waals surface area contributed by atoms with Crippen molar-refractivity contribution in [2.24, 2.45) is 5.10 Å². The summed E-state index contributed by atoms with van der Waals surface area (Å²) in [6, 6.07) is 29.2. The fourth-order valence-electron chi connectivity index (χ4n) is 3.24. The third-order valence-electron chi connectivity index (χ3n) is 4.52. The van der Waals surface area contributed by atoms with Crippen LogP contribution in [0.25, 0.3) is 0 Å². The highest BCUT2D eigenvalue weighted by Crippen LogP contribution is 2.37. The topological polar surface area (TPSA) is 24.8 Å². The minimum atomic E-state index is 0.160. The number of benzene rings is 3. The zero-order valence-electron chi connectivity index (χ0n) is 14.2. The van der Waals surface area contributed by atoms with Gasteiger partial charge < -0.3 is 4.74 Å². The van der Waals surface area contributed by atoms with Gasteiger partial charge in [-0.1, -0.05) is 60.7 Å². The van der Waals surface area contributed by atoms with E-state index >= 15 is 0 Å². The number of rotatable bonds is 4. The number of anilines is 1. The van der Waals surface area contributed by atoms with Crippen LogP contribution < -0.4 is 9.75 Å². The van der Waals surface area contributed by atoms with Gasteiger partial charge in [-0.3, -0.25) is 5.01 Å². The Balaban J connectivity index is 1.75. The number of para-hydroxylation sites is 1. The lowest BCUT2D eigenvalue weighted by atomic mass is 9.98. The summed E-state index contributed by atoms with van der Waals surface area (Å²) in [5.41, 5.74) is 4.59. The van der Waals surface area contributed by atoms with Crippen molar-refractivity contribution in [2.45, 2.75) is 12.5 Å². The maximum absolute atomic E-state index is 5.41. The molecule has 1 aliphatic rings. The second-order valence-corrected chi connectivity index (χ2v) is 6.09. The van der Waals surface area contributed by atoms with E-state index in [1.807, 2.05) is 36.4 Å². The second-order valence-electron chi connectivity index (χ2n) is 6.09. The van der Waals surface area contributed by atoms with E-state index in [9.17, 15) is 0 Å². The van der Waals surface area contributed by atoms with Crippen LogP contribution in [0.4, 0.5) is 5.69 Å². The van der Waals surface area contributed by atoms with Crippen molar-refractivity contribution in [1.82, 2.24) is 0 Å². The highest BCUT2D eigenvalue weighted by Gasteiger charge is 2.29. The van der Waals surface area contributed by atoms with Crippen LogP contribution in [0.2, 0.25) is 0 Å². The summed E-state index contributed by atoms with van der Waals surface area (Å²) in [5, 5.41) is 7.07. The van der Waals surface area contributed by atoms with E-state index in [4.69, 9.17) is 9.84 Å². The van der Waals surface area contributed by atoms with E-state index in [-0.39, 0.29) is 6.04 Å². The lowest BCUT2D eigenvalue weighted by molar-refractivity contribution is 0.414. The largest absolute Gasteiger partial charge is 0.497 e. The van der Waals surface area contributed by atoms with Crippen molar-refractivity contribution in [1.29, 1.82) is 0 Å². The first kappa shape index (κ1) is 15.5. The van der Waals surface area contributed by atoms with Gasteiger partial charge in [0.25, 0.3) is 0 Å². The Morgan fingerprint density at radius 2 is 1.60 bits per heavy atom. The van der Waals surface area contributed by atoms with Gasteiger partial charge in [0.05, 0.1) is 24.6 Å². The first-order valence-electron chi connectivity index (χ1n) is 8.46. The first-order valence-corrected chi connectivity index (χ1v) is 8.46. The Labute approximate surface area is 148 Å². The Bertz CT molecular complexity index is 875. The Morgan fingerprint density at radius 3 is 2.32 bits per heavy atom. The number of hydrogen-bond acceptors (Lipinski definition) is 3. The molecule has 0 amide bonds. The van der Waals surface area contributed by atoms with Crippen LogP contribution in [0.15, 0.2) is 90.0 Å². The Hall–Kier alpha value is -3.07. The van der Waals surface area contributed by atoms with Crippen LogP contribution in [0.3, 0.4) is 0 Å². The van der Waals surface area contributed by atoms with Gasteiger partial charge in [0.1, 0.15) is 5.75 Å². The first-order chi connectivity index (χ1) is 12.3. The quantitative estimate of drug-likeness (QED) is 0.669. The van der Waals surface area contributed by atoms with Crippen LogP contribution in [-0.4, -0.2) is 12.8 Å². The normalized spacial score (nSPS) is 16.6. The van der Waals surface area contributed by atoms with E-state index in [0.29, 0.717) is 0 Å². The van der Waals surface area contributed by atoms with Crippen molar-refractivity contribution in [3.63, 3.8) is 0 Å². The maximum atomic E-state index is 5.41. The molecule has 3 aromatic rings. The zero-order valence-corrected chi connectivity index (χ0v) is 14.2. The van der Waals surface area contributed by atoms with Gasteiger partial charge in [-0.2, -0.15) is 5.10 Å². The number of nitrogens with zero attached hydrogens (tertiary/aromatic N) is 2. The van der Waals surface area contributed by atoms with Crippen molar-refractivity contribution in [3.8, 4) is 5.75 Å². The molecule has 1 heterocycles. The predicted octanol–water partition coefficient (Wildman–Crippen LogP) is 5.05. The molecule has 3 aromatic carbocycles. The standard InChI is InChI=1S/C22H20N2O/c1-25-20-14-8-11-18(15-20)22-16-21(17-9-4-2-5-10-17)23-24(22)19-12-6-3-7-13-19/h2-15,22H,16H2,1H3/t22-/m0/s1. The van der Waals surface area contributed by atoms with Crippen molar-refractivity contribution in [2.75, 3.05) is 12.1 Å². The van der Waals surface area contributed by atoms with Crippen LogP contribution in [0, 0.1) is 0 Å². The Morgan fingerprint density at radius 1 is 0.880 bits per heavy atom. The van der Waals surface area contributed by atoms with E-state index in [1.54, 1.807) is 7.11 Å². The van der Waals surface area contributed by atoms with Gasteiger partial charge in [-0.15, -0.1) is 0 Å². The summed E-state index contributed by atoms with van der Waals surface area (Å²) in [6.45, 7) is 0. The molecule has 4 rings (SSSR count). The summed E-state index contributed by atoms with van der Waals surface area (Å²) in [7, 11) is 1.70. The molecule has 0 aromatic heterocycles. The third-order valence-corrected chi connectivity index (χ3v) is 4.52. The van der Waals surface area contributed by atoms with Crippen LogP contribution >= 0.6 is 0 Å². The summed E-state index contributed by atoms with van der Waals surface area (Å²) in [5.74, 6) is 0.874. The molecule has 25 heavy (non-hydrogen) atoms. The highest BCUT2D eigenvalue weighted by atomic mass is 16.5. The molecule has 0 saturated carbocycles. The molecule has 3 nitrogen and oxygen atoms in total. The Kier molecular flexibility index (Phi) is 4.21. The molecule has 0 bridgehead atoms. The summed E-state index contributed by atoms with van der Waals surface area (Å²) in [4.78, 5) is 0. The summed E-state index contributed by atoms with van der Waals surface area (Å²) >= 11 is 0. The third kappa shape index (κ3) is 3.13. The molecule has 0 fully saturated rings. The number of hydrazone groups is 1. The van der Waals surface area contributed by atoms with Gasteiger partial charge in [0, 0.05) is 6.42 Å². The molecule has 124 valence electrons. The SMILES string of the molecule is COc1cccc([C@@H]2CC(c3ccccc3)=NN2c2ccccc2)c1. The molecule has 3 heteroatoms. The second kappa shape index (κ2) is 6.81. The molecule has 1 atom stereocenters. The lowest BCUT2D eigenvalue weighted by Gasteiger charge is -2.24. The zero-order chi connectivity index (χ0) is 17.1. The minimum absolute atomic E-state index is 0.160. The molecule has 1 aliphatic heterocycles. The molecule has 0 N–H and O–H groups in total. The molecule has 0 aliphatic carbocycles. The van der Waals surface area contributed by atoms with E-state index in [2.05, 4.69) is 53.5 Å². The van der Waals surface area contributed by atoms with Gasteiger partial charge in [-0.25, -0.2) is 0 Å². The summed E-state index contributed by atoms with van der Waals surface area (Å²) in [6.07, 6.45) is 0.867. The van der Waals surface area contributed by atoms with Crippen molar-refractivity contribution < 1.29 is 4.74 Å². The summed E-state index contributed by atoms with van der Waals surface area (Å²) < 4.78 is 5.41. The van der Waals surface area contributed by atoms with E-state index in [0.717, 1.165) is 23.6 Å². The monoisotopic (exact) mass is 328 g/mol. The van der Waals surface area contributed by atoms with Crippen LogP contribution in [0.1, 0.15) is 23.6 Å². The lowest BCUT2D eigenvalue weighted by Crippen LogP contribution is -2.18. The van der Waals surface area contributed by atoms with Crippen molar-refractivity contribution in [3.05, 3.63) is 96.1 Å². The maximum Gasteiger partial charge on any atom is 0.119 e. The predicted molar refractivity (Wildman–Crippen MR) is 102 cm³/mol. The highest BCUT2D eigenvalue weighted by molar-refractivity contribution is 6.03. The molecule has 0 saturated heterocycles. The van der Waals surface area contributed by atoms with Gasteiger partial charge in [-0.05, 0) is 35.4 Å².